The van der Waals surface area contributed by atoms with Crippen LogP contribution in [0.1, 0.15) is 58.8 Å². The van der Waals surface area contributed by atoms with Gasteiger partial charge in [-0.15, -0.1) is 11.8 Å². The minimum absolute atomic E-state index is 0.0845. The molecule has 26 heavy (non-hydrogen) atoms. The Kier molecular flexibility index (Phi) is 7.93. The monoisotopic (exact) mass is 360 g/mol. The quantitative estimate of drug-likeness (QED) is 0.351. The Hall–Kier alpha value is -1.57. The zero-order valence-electron chi connectivity index (χ0n) is 15.9. The number of aliphatic hydroxyl groups excluding tert-OH is 2. The van der Waals surface area contributed by atoms with Crippen LogP contribution in [0.25, 0.3) is 0 Å². The molecule has 2 aliphatic rings. The summed E-state index contributed by atoms with van der Waals surface area (Å²) in [6.45, 7) is 3.79. The maximum Gasteiger partial charge on any atom is 0.303 e. The van der Waals surface area contributed by atoms with E-state index in [9.17, 15) is 15.0 Å². The maximum atomic E-state index is 10.6. The summed E-state index contributed by atoms with van der Waals surface area (Å²) < 4.78 is 0. The first-order valence-corrected chi connectivity index (χ1v) is 9.76. The van der Waals surface area contributed by atoms with Crippen LogP contribution in [-0.2, 0) is 4.79 Å². The lowest BCUT2D eigenvalue weighted by Gasteiger charge is -2.19. The molecule has 2 aliphatic carbocycles. The van der Waals surface area contributed by atoms with Gasteiger partial charge in [0.2, 0.25) is 0 Å². The summed E-state index contributed by atoms with van der Waals surface area (Å²) in [4.78, 5) is 10.6. The number of rotatable bonds is 8. The maximum absolute atomic E-state index is 10.6. The van der Waals surface area contributed by atoms with E-state index in [1.54, 1.807) is 6.92 Å². The molecule has 5 unspecified atom stereocenters. The molecule has 2 fully saturated rings. The molecule has 0 aromatic heterocycles. The molecule has 0 spiro atoms. The Morgan fingerprint density at radius 3 is 2.85 bits per heavy atom. The van der Waals surface area contributed by atoms with Crippen molar-refractivity contribution < 1.29 is 20.1 Å². The largest absolute Gasteiger partial charge is 0.481 e. The number of fused-ring (bicyclic) bond motifs is 1. The van der Waals surface area contributed by atoms with Crippen LogP contribution in [0.5, 0.6) is 0 Å². The van der Waals surface area contributed by atoms with E-state index in [1.165, 1.54) is 5.57 Å². The molecule has 4 nitrogen and oxygen atoms in total. The number of carboxylic acid groups (broad SMARTS) is 1. The molecule has 3 N–H and O–H groups in total. The van der Waals surface area contributed by atoms with Gasteiger partial charge in [-0.2, -0.15) is 0 Å². The predicted octanol–water partition coefficient (Wildman–Crippen LogP) is 3.54. The van der Waals surface area contributed by atoms with Crippen LogP contribution in [0.4, 0.5) is 0 Å². The molecule has 2 saturated carbocycles. The van der Waals surface area contributed by atoms with Gasteiger partial charge < -0.3 is 15.3 Å². The van der Waals surface area contributed by atoms with E-state index in [0.29, 0.717) is 24.7 Å². The summed E-state index contributed by atoms with van der Waals surface area (Å²) in [7, 11) is 0. The molecule has 4 heteroatoms. The number of unbranched alkanes of at least 4 members (excludes halogenated alkanes) is 1. The molecular formula is C22H32O4. The van der Waals surface area contributed by atoms with Crippen LogP contribution in [0.15, 0.2) is 23.8 Å². The summed E-state index contributed by atoms with van der Waals surface area (Å²) in [5.74, 6) is 6.25. The van der Waals surface area contributed by atoms with E-state index in [1.807, 2.05) is 19.1 Å². The second-order valence-corrected chi connectivity index (χ2v) is 7.84. The van der Waals surface area contributed by atoms with Crippen LogP contribution >= 0.6 is 0 Å². The molecule has 0 aromatic rings. The molecule has 0 radical (unpaired) electrons. The van der Waals surface area contributed by atoms with E-state index in [4.69, 9.17) is 5.11 Å². The highest BCUT2D eigenvalue weighted by atomic mass is 16.4. The van der Waals surface area contributed by atoms with Gasteiger partial charge in [-0.3, -0.25) is 4.79 Å². The summed E-state index contributed by atoms with van der Waals surface area (Å²) >= 11 is 0. The van der Waals surface area contributed by atoms with Crippen LogP contribution < -0.4 is 0 Å². The van der Waals surface area contributed by atoms with Gasteiger partial charge in [-0.1, -0.05) is 30.7 Å². The third-order valence-corrected chi connectivity index (χ3v) is 5.85. The Morgan fingerprint density at radius 2 is 2.15 bits per heavy atom. The molecule has 0 amide bonds. The van der Waals surface area contributed by atoms with E-state index in [-0.39, 0.29) is 24.4 Å². The van der Waals surface area contributed by atoms with Crippen molar-refractivity contribution in [2.24, 2.45) is 23.7 Å². The van der Waals surface area contributed by atoms with Gasteiger partial charge >= 0.3 is 5.97 Å². The Bertz CT molecular complexity index is 595. The fourth-order valence-electron chi connectivity index (χ4n) is 4.31. The van der Waals surface area contributed by atoms with Crippen molar-refractivity contribution in [3.63, 3.8) is 0 Å². The third kappa shape index (κ3) is 5.72. The number of carboxylic acids is 1. The number of aliphatic carboxylic acids is 1. The summed E-state index contributed by atoms with van der Waals surface area (Å²) in [6.07, 6.45) is 10.4. The number of aliphatic hydroxyl groups is 2. The molecular weight excluding hydrogens is 328 g/mol. The Balaban J connectivity index is 1.89. The van der Waals surface area contributed by atoms with Crippen molar-refractivity contribution in [1.82, 2.24) is 0 Å². The van der Waals surface area contributed by atoms with E-state index in [2.05, 4.69) is 17.9 Å². The summed E-state index contributed by atoms with van der Waals surface area (Å²) in [5.41, 5.74) is 1.41. The van der Waals surface area contributed by atoms with Gasteiger partial charge in [0.05, 0.1) is 12.2 Å². The van der Waals surface area contributed by atoms with Gasteiger partial charge in [-0.25, -0.2) is 0 Å². The summed E-state index contributed by atoms with van der Waals surface area (Å²) in [5, 5.41) is 29.4. The first-order valence-electron chi connectivity index (χ1n) is 9.76. The van der Waals surface area contributed by atoms with Gasteiger partial charge in [0.15, 0.2) is 0 Å². The summed E-state index contributed by atoms with van der Waals surface area (Å²) in [6, 6.07) is 0. The standard InChI is InChI=1S/C22H32O4/c1-3-4-7-15(2)20(23)11-10-18-19-13-16(8-5-6-9-22(25)26)12-17(19)14-21(18)24/h8,10-11,15,17-21,23-24H,5-7,9,12-14H2,1-2H3,(H,25,26)/b11-10+,16-8+/t15?,17?,18-,19?,20?,21?/m1/s1. The number of hydrogen-bond donors (Lipinski definition) is 3. The Labute approximate surface area is 157 Å². The van der Waals surface area contributed by atoms with Crippen molar-refractivity contribution in [2.45, 2.75) is 71.0 Å². The fourth-order valence-corrected chi connectivity index (χ4v) is 4.31. The van der Waals surface area contributed by atoms with Gasteiger partial charge in [-0.05, 0) is 56.8 Å². The zero-order chi connectivity index (χ0) is 19.1. The van der Waals surface area contributed by atoms with Crippen molar-refractivity contribution in [3.8, 4) is 11.8 Å². The van der Waals surface area contributed by atoms with E-state index >= 15 is 0 Å². The van der Waals surface area contributed by atoms with Crippen LogP contribution in [-0.4, -0.2) is 33.5 Å². The number of carbonyl (C=O) groups is 1. The van der Waals surface area contributed by atoms with Crippen molar-refractivity contribution in [1.29, 1.82) is 0 Å². The second-order valence-electron chi connectivity index (χ2n) is 7.84. The van der Waals surface area contributed by atoms with Gasteiger partial charge in [0.1, 0.15) is 0 Å². The Morgan fingerprint density at radius 1 is 1.38 bits per heavy atom. The molecule has 6 atom stereocenters. The molecule has 0 aliphatic heterocycles. The number of hydrogen-bond acceptors (Lipinski definition) is 3. The molecule has 2 rings (SSSR count). The lowest BCUT2D eigenvalue weighted by Crippen LogP contribution is -2.19. The highest BCUT2D eigenvalue weighted by Crippen LogP contribution is 2.50. The first kappa shape index (κ1) is 20.7. The first-order chi connectivity index (χ1) is 12.4. The molecule has 0 heterocycles. The minimum Gasteiger partial charge on any atom is -0.481 e. The molecule has 0 aromatic carbocycles. The average molecular weight is 360 g/mol. The molecule has 0 saturated heterocycles. The lowest BCUT2D eigenvalue weighted by molar-refractivity contribution is -0.137. The molecule has 144 valence electrons. The van der Waals surface area contributed by atoms with Gasteiger partial charge in [0.25, 0.3) is 0 Å². The van der Waals surface area contributed by atoms with Gasteiger partial charge in [0, 0.05) is 18.8 Å². The highest BCUT2D eigenvalue weighted by Gasteiger charge is 2.44. The van der Waals surface area contributed by atoms with Crippen molar-refractivity contribution in [3.05, 3.63) is 23.8 Å². The van der Waals surface area contributed by atoms with E-state index < -0.39 is 12.1 Å². The van der Waals surface area contributed by atoms with Crippen LogP contribution in [0, 0.1) is 35.5 Å². The third-order valence-electron chi connectivity index (χ3n) is 5.85. The minimum atomic E-state index is -0.738. The lowest BCUT2D eigenvalue weighted by atomic mass is 9.89. The topological polar surface area (TPSA) is 77.8 Å². The van der Waals surface area contributed by atoms with Crippen LogP contribution in [0.2, 0.25) is 0 Å². The smallest absolute Gasteiger partial charge is 0.303 e. The SMILES string of the molecule is CC#CCC(C)C(O)/C=C/[C@H]1C(O)CC2C/C(=C\CCCC(=O)O)CC21. The normalized spacial score (nSPS) is 31.6. The zero-order valence-corrected chi connectivity index (χ0v) is 15.9. The second kappa shape index (κ2) is 9.94. The van der Waals surface area contributed by atoms with Crippen molar-refractivity contribution >= 4 is 5.97 Å². The highest BCUT2D eigenvalue weighted by molar-refractivity contribution is 5.66. The van der Waals surface area contributed by atoms with Crippen LogP contribution in [0.3, 0.4) is 0 Å². The van der Waals surface area contributed by atoms with E-state index in [0.717, 1.165) is 25.7 Å². The van der Waals surface area contributed by atoms with Crippen molar-refractivity contribution in [2.75, 3.05) is 0 Å². The molecule has 0 bridgehead atoms. The average Bonchev–Trinajstić information content (AvgIpc) is 3.10. The fraction of sp³-hybridized carbons (Fsp3) is 0.682. The number of allylic oxidation sites excluding steroid dienone is 2. The predicted molar refractivity (Wildman–Crippen MR) is 102 cm³/mol.